The van der Waals surface area contributed by atoms with E-state index in [0.29, 0.717) is 24.5 Å². The third kappa shape index (κ3) is 4.88. The molecule has 1 aromatic carbocycles. The molecule has 0 saturated heterocycles. The summed E-state index contributed by atoms with van der Waals surface area (Å²) in [6.07, 6.45) is 0. The Hall–Kier alpha value is -0.720. The van der Waals surface area contributed by atoms with E-state index in [9.17, 15) is 4.79 Å². The summed E-state index contributed by atoms with van der Waals surface area (Å²) in [4.78, 5) is 11.3. The van der Waals surface area contributed by atoms with Crippen molar-refractivity contribution in [2.75, 3.05) is 20.3 Å². The molecule has 5 nitrogen and oxygen atoms in total. The summed E-state index contributed by atoms with van der Waals surface area (Å²) < 4.78 is 21.2. The van der Waals surface area contributed by atoms with E-state index >= 15 is 0 Å². The number of esters is 1. The third-order valence-corrected chi connectivity index (χ3v) is 6.90. The molecular formula is C12H17InO5. The molecule has 1 rings (SSSR count). The molecule has 0 bridgehead atoms. The van der Waals surface area contributed by atoms with Gasteiger partial charge in [-0.3, -0.25) is 0 Å². The van der Waals surface area contributed by atoms with Crippen molar-refractivity contribution in [3.8, 4) is 5.75 Å². The third-order valence-electron chi connectivity index (χ3n) is 2.11. The normalized spacial score (nSPS) is 9.94. The van der Waals surface area contributed by atoms with E-state index in [-0.39, 0.29) is 5.97 Å². The molecule has 0 aromatic heterocycles. The second-order valence-electron chi connectivity index (χ2n) is 3.33. The van der Waals surface area contributed by atoms with E-state index in [0.717, 1.165) is 0 Å². The molecule has 0 aliphatic rings. The standard InChI is InChI=1S/C8H8O3.2C2H5O.In/c1-11-8(10)6-2-4-7(9)5-3-6;2*1-2-3;/h2-5,9H,1H3;2*2H2,1H3;/q;2*-1;+3/p-1. The Kier molecular flexibility index (Phi) is 7.15. The maximum atomic E-state index is 11.3. The molecule has 0 aliphatic heterocycles. The SMILES string of the molecule is CC[O][In]([O]CC)[O]c1ccc(C(=O)OC)cc1. The zero-order valence-corrected chi connectivity index (χ0v) is 14.1. The number of benzene rings is 1. The van der Waals surface area contributed by atoms with Crippen molar-refractivity contribution in [2.45, 2.75) is 13.8 Å². The average Bonchev–Trinajstić information content (AvgIpc) is 2.39. The van der Waals surface area contributed by atoms with Crippen molar-refractivity contribution in [3.05, 3.63) is 29.8 Å². The summed E-state index contributed by atoms with van der Waals surface area (Å²) in [5.41, 5.74) is 0.490. The number of carbonyl (C=O) groups is 1. The molecule has 0 fully saturated rings. The molecule has 98 valence electrons. The quantitative estimate of drug-likeness (QED) is 0.699. The van der Waals surface area contributed by atoms with Gasteiger partial charge in [-0.25, -0.2) is 0 Å². The van der Waals surface area contributed by atoms with Crippen LogP contribution in [0.5, 0.6) is 5.75 Å². The van der Waals surface area contributed by atoms with Gasteiger partial charge in [0, 0.05) is 0 Å². The van der Waals surface area contributed by atoms with Gasteiger partial charge in [0.25, 0.3) is 0 Å². The van der Waals surface area contributed by atoms with Gasteiger partial charge in [-0.05, 0) is 0 Å². The molecule has 0 amide bonds. The second-order valence-corrected chi connectivity index (χ2v) is 7.56. The van der Waals surface area contributed by atoms with Crippen LogP contribution in [-0.2, 0) is 10.4 Å². The Labute approximate surface area is 116 Å². The first kappa shape index (κ1) is 15.3. The topological polar surface area (TPSA) is 54.0 Å². The van der Waals surface area contributed by atoms with Crippen molar-refractivity contribution in [3.63, 3.8) is 0 Å². The summed E-state index contributed by atoms with van der Waals surface area (Å²) in [6.45, 7) is 4.99. The van der Waals surface area contributed by atoms with Crippen LogP contribution < -0.4 is 2.85 Å². The summed E-state index contributed by atoms with van der Waals surface area (Å²) in [5, 5.41) is 0. The minimum absolute atomic E-state index is 0.365. The molecule has 6 heteroatoms. The molecule has 0 aliphatic carbocycles. The van der Waals surface area contributed by atoms with Gasteiger partial charge in [0.1, 0.15) is 0 Å². The fourth-order valence-corrected chi connectivity index (χ4v) is 4.59. The summed E-state index contributed by atoms with van der Waals surface area (Å²) in [7, 11) is 1.35. The van der Waals surface area contributed by atoms with Gasteiger partial charge in [-0.1, -0.05) is 0 Å². The van der Waals surface area contributed by atoms with Crippen LogP contribution in [-0.4, -0.2) is 49.0 Å². The Morgan fingerprint density at radius 2 is 1.67 bits per heavy atom. The first-order valence-electron chi connectivity index (χ1n) is 5.79. The zero-order valence-electron chi connectivity index (χ0n) is 10.8. The molecule has 0 N–H and O–H groups in total. The Morgan fingerprint density at radius 3 is 2.11 bits per heavy atom. The second kappa shape index (κ2) is 8.39. The van der Waals surface area contributed by atoms with Gasteiger partial charge in [0.15, 0.2) is 0 Å². The van der Waals surface area contributed by atoms with Crippen LogP contribution in [0.1, 0.15) is 24.2 Å². The average molecular weight is 356 g/mol. The van der Waals surface area contributed by atoms with Gasteiger partial charge in [0.2, 0.25) is 0 Å². The van der Waals surface area contributed by atoms with E-state index in [1.54, 1.807) is 24.3 Å². The van der Waals surface area contributed by atoms with Gasteiger partial charge in [-0.2, -0.15) is 0 Å². The van der Waals surface area contributed by atoms with Crippen LogP contribution in [0, 0.1) is 0 Å². The Balaban J connectivity index is 2.63. The van der Waals surface area contributed by atoms with Crippen LogP contribution in [0.3, 0.4) is 0 Å². The number of carbonyl (C=O) groups excluding carboxylic acids is 1. The molecule has 0 heterocycles. The van der Waals surface area contributed by atoms with Crippen molar-refractivity contribution >= 4 is 28.7 Å². The fraction of sp³-hybridized carbons (Fsp3) is 0.417. The van der Waals surface area contributed by atoms with Crippen LogP contribution in [0.2, 0.25) is 0 Å². The van der Waals surface area contributed by atoms with E-state index in [1.807, 2.05) is 13.8 Å². The first-order valence-corrected chi connectivity index (χ1v) is 9.83. The van der Waals surface area contributed by atoms with E-state index in [2.05, 4.69) is 4.74 Å². The van der Waals surface area contributed by atoms with Gasteiger partial charge in [0.05, 0.1) is 0 Å². The van der Waals surface area contributed by atoms with Gasteiger partial charge >= 0.3 is 117 Å². The van der Waals surface area contributed by atoms with Crippen molar-refractivity contribution in [1.29, 1.82) is 0 Å². The molecule has 0 spiro atoms. The van der Waals surface area contributed by atoms with E-state index in [4.69, 9.17) is 8.56 Å². The van der Waals surface area contributed by atoms with Crippen molar-refractivity contribution in [1.82, 2.24) is 0 Å². The molecular weight excluding hydrogens is 339 g/mol. The molecule has 1 aromatic rings. The first-order chi connectivity index (χ1) is 8.71. The predicted molar refractivity (Wildman–Crippen MR) is 67.4 cm³/mol. The number of hydrogen-bond acceptors (Lipinski definition) is 5. The van der Waals surface area contributed by atoms with Crippen LogP contribution in [0.4, 0.5) is 0 Å². The van der Waals surface area contributed by atoms with Gasteiger partial charge < -0.3 is 0 Å². The number of hydrogen-bond donors (Lipinski definition) is 0. The monoisotopic (exact) mass is 356 g/mol. The fourth-order valence-electron chi connectivity index (χ4n) is 1.29. The zero-order chi connectivity index (χ0) is 13.4. The van der Waals surface area contributed by atoms with Gasteiger partial charge in [-0.15, -0.1) is 0 Å². The number of ether oxygens (including phenoxy) is 1. The van der Waals surface area contributed by atoms with E-state index in [1.165, 1.54) is 7.11 Å². The summed E-state index contributed by atoms with van der Waals surface area (Å²) >= 11 is -2.84. The predicted octanol–water partition coefficient (Wildman–Crippen LogP) is 1.91. The number of methoxy groups -OCH3 is 1. The van der Waals surface area contributed by atoms with Crippen molar-refractivity contribution in [2.24, 2.45) is 0 Å². The molecule has 0 saturated carbocycles. The Bertz CT molecular complexity index is 359. The Morgan fingerprint density at radius 1 is 1.11 bits per heavy atom. The van der Waals surface area contributed by atoms with Crippen LogP contribution in [0.25, 0.3) is 0 Å². The molecule has 18 heavy (non-hydrogen) atoms. The van der Waals surface area contributed by atoms with Crippen LogP contribution >= 0.6 is 0 Å². The summed E-state index contributed by atoms with van der Waals surface area (Å²) in [5.74, 6) is 0.293. The minimum atomic E-state index is -2.84. The van der Waals surface area contributed by atoms with Crippen molar-refractivity contribution < 1.29 is 18.1 Å². The molecule has 0 unspecified atom stereocenters. The number of rotatable bonds is 7. The molecule has 0 radical (unpaired) electrons. The maximum absolute atomic E-state index is 11.3. The molecule has 0 atom stereocenters. The van der Waals surface area contributed by atoms with Crippen LogP contribution in [0.15, 0.2) is 24.3 Å². The summed E-state index contributed by atoms with van der Waals surface area (Å²) in [6, 6.07) is 6.74. The van der Waals surface area contributed by atoms with E-state index < -0.39 is 22.7 Å².